The van der Waals surface area contributed by atoms with Crippen LogP contribution in [0.1, 0.15) is 32.0 Å². The summed E-state index contributed by atoms with van der Waals surface area (Å²) in [4.78, 5) is 3.80. The van der Waals surface area contributed by atoms with E-state index in [1.165, 1.54) is 0 Å². The van der Waals surface area contributed by atoms with Crippen molar-refractivity contribution in [3.63, 3.8) is 0 Å². The summed E-state index contributed by atoms with van der Waals surface area (Å²) in [5.74, 6) is -0.376. The average molecular weight is 246 g/mol. The number of rotatable bonds is 0. The Morgan fingerprint density at radius 3 is 2.31 bits per heavy atom. The molecule has 1 nitrogen and oxygen atoms in total. The van der Waals surface area contributed by atoms with Gasteiger partial charge in [0.05, 0.1) is 0 Å². The first-order chi connectivity index (χ1) is 5.82. The molecule has 0 atom stereocenters. The smallest absolute Gasteiger partial charge is 0.217 e. The highest BCUT2D eigenvalue weighted by atomic mass is 79.9. The van der Waals surface area contributed by atoms with E-state index in [2.05, 4.69) is 20.9 Å². The fourth-order valence-corrected chi connectivity index (χ4v) is 2.35. The summed E-state index contributed by atoms with van der Waals surface area (Å²) in [6.45, 7) is 7.67. The van der Waals surface area contributed by atoms with Crippen LogP contribution in [0.15, 0.2) is 10.5 Å². The fraction of sp³-hybridized carbons (Fsp3) is 0.500. The lowest BCUT2D eigenvalue weighted by atomic mass is 9.88. The second-order valence-electron chi connectivity index (χ2n) is 4.16. The highest BCUT2D eigenvalue weighted by molar-refractivity contribution is 9.10. The van der Waals surface area contributed by atoms with Gasteiger partial charge in [-0.25, -0.2) is 4.98 Å². The molecule has 72 valence electrons. The molecule has 0 bridgehead atoms. The fourth-order valence-electron chi connectivity index (χ4n) is 1.26. The standard InChI is InChI=1S/C10H13BrFN/c1-6-5-7(11)8(9(12)13-6)10(2,3)4/h5H,1-4H3. The van der Waals surface area contributed by atoms with Crippen LogP contribution in [0.5, 0.6) is 0 Å². The molecule has 0 unspecified atom stereocenters. The lowest BCUT2D eigenvalue weighted by Crippen LogP contribution is -2.16. The molecule has 0 aliphatic carbocycles. The number of halogens is 2. The zero-order valence-electron chi connectivity index (χ0n) is 8.28. The molecule has 1 heterocycles. The molecular weight excluding hydrogens is 233 g/mol. The summed E-state index contributed by atoms with van der Waals surface area (Å²) in [6.07, 6.45) is 0. The highest BCUT2D eigenvalue weighted by Crippen LogP contribution is 2.31. The van der Waals surface area contributed by atoms with Gasteiger partial charge in [0.15, 0.2) is 0 Å². The van der Waals surface area contributed by atoms with Gasteiger partial charge in [0, 0.05) is 15.7 Å². The molecule has 0 radical (unpaired) electrons. The van der Waals surface area contributed by atoms with Gasteiger partial charge >= 0.3 is 0 Å². The van der Waals surface area contributed by atoms with E-state index < -0.39 is 0 Å². The van der Waals surface area contributed by atoms with Gasteiger partial charge in [-0.05, 0) is 18.4 Å². The van der Waals surface area contributed by atoms with E-state index in [9.17, 15) is 4.39 Å². The molecule has 0 aromatic carbocycles. The Morgan fingerprint density at radius 1 is 1.38 bits per heavy atom. The largest absolute Gasteiger partial charge is 0.225 e. The molecule has 0 saturated heterocycles. The van der Waals surface area contributed by atoms with Crippen LogP contribution >= 0.6 is 15.9 Å². The van der Waals surface area contributed by atoms with Crippen molar-refractivity contribution in [2.24, 2.45) is 0 Å². The van der Waals surface area contributed by atoms with Crippen molar-refractivity contribution in [1.29, 1.82) is 0 Å². The first kappa shape index (κ1) is 10.6. The molecule has 1 aromatic heterocycles. The van der Waals surface area contributed by atoms with Gasteiger partial charge in [0.1, 0.15) is 0 Å². The molecule has 13 heavy (non-hydrogen) atoms. The van der Waals surface area contributed by atoms with E-state index >= 15 is 0 Å². The number of aryl methyl sites for hydroxylation is 1. The first-order valence-corrected chi connectivity index (χ1v) is 4.95. The van der Waals surface area contributed by atoms with E-state index in [-0.39, 0.29) is 11.4 Å². The topological polar surface area (TPSA) is 12.9 Å². The SMILES string of the molecule is Cc1cc(Br)c(C(C)(C)C)c(F)n1. The molecule has 0 aliphatic rings. The van der Waals surface area contributed by atoms with E-state index in [4.69, 9.17) is 0 Å². The minimum absolute atomic E-state index is 0.219. The second-order valence-corrected chi connectivity index (χ2v) is 5.02. The van der Waals surface area contributed by atoms with E-state index in [0.717, 1.165) is 4.47 Å². The number of pyridine rings is 1. The molecular formula is C10H13BrFN. The quantitative estimate of drug-likeness (QED) is 0.637. The van der Waals surface area contributed by atoms with E-state index in [0.29, 0.717) is 11.3 Å². The van der Waals surface area contributed by atoms with Crippen molar-refractivity contribution in [1.82, 2.24) is 4.98 Å². The van der Waals surface area contributed by atoms with Crippen molar-refractivity contribution in [3.05, 3.63) is 27.7 Å². The molecule has 0 amide bonds. The average Bonchev–Trinajstić information content (AvgIpc) is 1.78. The maximum absolute atomic E-state index is 13.5. The Hall–Kier alpha value is -0.440. The Balaban J connectivity index is 3.38. The summed E-state index contributed by atoms with van der Waals surface area (Å²) < 4.78 is 14.3. The van der Waals surface area contributed by atoms with Crippen LogP contribution in [0.2, 0.25) is 0 Å². The Kier molecular flexibility index (Phi) is 2.76. The first-order valence-electron chi connectivity index (χ1n) is 4.15. The Morgan fingerprint density at radius 2 is 1.92 bits per heavy atom. The Labute approximate surface area is 86.5 Å². The predicted octanol–water partition coefficient (Wildman–Crippen LogP) is 3.59. The van der Waals surface area contributed by atoms with Crippen molar-refractivity contribution in [3.8, 4) is 0 Å². The molecule has 0 spiro atoms. The van der Waals surface area contributed by atoms with Crippen LogP contribution in [0.3, 0.4) is 0 Å². The maximum Gasteiger partial charge on any atom is 0.217 e. The van der Waals surface area contributed by atoms with Gasteiger partial charge in [0.2, 0.25) is 5.95 Å². The van der Waals surface area contributed by atoms with Crippen LogP contribution < -0.4 is 0 Å². The molecule has 0 N–H and O–H groups in total. The van der Waals surface area contributed by atoms with Crippen molar-refractivity contribution < 1.29 is 4.39 Å². The summed E-state index contributed by atoms with van der Waals surface area (Å²) in [7, 11) is 0. The van der Waals surface area contributed by atoms with E-state index in [1.807, 2.05) is 26.8 Å². The van der Waals surface area contributed by atoms with E-state index in [1.54, 1.807) is 6.92 Å². The van der Waals surface area contributed by atoms with Gasteiger partial charge in [-0.2, -0.15) is 4.39 Å². The van der Waals surface area contributed by atoms with Crippen LogP contribution in [-0.2, 0) is 5.41 Å². The third-order valence-corrected chi connectivity index (χ3v) is 2.43. The summed E-state index contributed by atoms with van der Waals surface area (Å²) >= 11 is 3.35. The number of hydrogen-bond donors (Lipinski definition) is 0. The van der Waals surface area contributed by atoms with Gasteiger partial charge in [-0.3, -0.25) is 0 Å². The predicted molar refractivity (Wildman–Crippen MR) is 55.3 cm³/mol. The molecule has 1 aromatic rings. The monoisotopic (exact) mass is 245 g/mol. The lowest BCUT2D eigenvalue weighted by Gasteiger charge is -2.20. The van der Waals surface area contributed by atoms with Gasteiger partial charge in [-0.15, -0.1) is 0 Å². The molecule has 0 aliphatic heterocycles. The van der Waals surface area contributed by atoms with Crippen LogP contribution in [-0.4, -0.2) is 4.98 Å². The zero-order valence-corrected chi connectivity index (χ0v) is 9.87. The van der Waals surface area contributed by atoms with Crippen LogP contribution in [0, 0.1) is 12.9 Å². The van der Waals surface area contributed by atoms with Gasteiger partial charge < -0.3 is 0 Å². The lowest BCUT2D eigenvalue weighted by molar-refractivity contribution is 0.494. The number of aromatic nitrogens is 1. The van der Waals surface area contributed by atoms with Gasteiger partial charge in [-0.1, -0.05) is 36.7 Å². The number of nitrogens with zero attached hydrogens (tertiary/aromatic N) is 1. The van der Waals surface area contributed by atoms with Crippen LogP contribution in [0.25, 0.3) is 0 Å². The Bertz CT molecular complexity index is 305. The third kappa shape index (κ3) is 2.27. The second kappa shape index (κ2) is 3.37. The maximum atomic E-state index is 13.5. The summed E-state index contributed by atoms with van der Waals surface area (Å²) in [5, 5.41) is 0. The van der Waals surface area contributed by atoms with Crippen LogP contribution in [0.4, 0.5) is 4.39 Å². The highest BCUT2D eigenvalue weighted by Gasteiger charge is 2.22. The third-order valence-electron chi connectivity index (χ3n) is 1.81. The van der Waals surface area contributed by atoms with Gasteiger partial charge in [0.25, 0.3) is 0 Å². The minimum Gasteiger partial charge on any atom is -0.225 e. The summed E-state index contributed by atoms with van der Waals surface area (Å²) in [5.41, 5.74) is 1.11. The summed E-state index contributed by atoms with van der Waals surface area (Å²) in [6, 6.07) is 1.84. The molecule has 1 rings (SSSR count). The van der Waals surface area contributed by atoms with Crippen molar-refractivity contribution in [2.75, 3.05) is 0 Å². The normalized spacial score (nSPS) is 11.8. The minimum atomic E-state index is -0.376. The zero-order chi connectivity index (χ0) is 10.2. The molecule has 3 heteroatoms. The molecule has 0 saturated carbocycles. The van der Waals surface area contributed by atoms with Crippen molar-refractivity contribution in [2.45, 2.75) is 33.1 Å². The number of hydrogen-bond acceptors (Lipinski definition) is 1. The molecule has 0 fully saturated rings. The van der Waals surface area contributed by atoms with Crippen molar-refractivity contribution >= 4 is 15.9 Å².